The van der Waals surface area contributed by atoms with E-state index < -0.39 is 0 Å². The van der Waals surface area contributed by atoms with Gasteiger partial charge in [-0.2, -0.15) is 0 Å². The number of carbonyl (C=O) groups is 1. The zero-order valence-electron chi connectivity index (χ0n) is 7.91. The normalized spacial score (nSPS) is 20.8. The number of carbonyl (C=O) groups excluding carboxylic acids is 1. The Balaban J connectivity index is 2.25. The van der Waals surface area contributed by atoms with Crippen LogP contribution in [0.2, 0.25) is 0 Å². The minimum atomic E-state index is -0.115. The maximum absolute atomic E-state index is 11.5. The van der Waals surface area contributed by atoms with Gasteiger partial charge in [0, 0.05) is 16.5 Å². The van der Waals surface area contributed by atoms with Crippen LogP contribution in [0.25, 0.3) is 0 Å². The topological polar surface area (TPSA) is 29.5 Å². The Hall–Kier alpha value is -0.460. The summed E-state index contributed by atoms with van der Waals surface area (Å²) < 4.78 is 4.94. The monoisotopic (exact) mass is 259 g/mol. The number of hydrogen-bond donors (Lipinski definition) is 1. The van der Waals surface area contributed by atoms with Gasteiger partial charge in [0.1, 0.15) is 10.5 Å². The molecule has 0 aromatic heterocycles. The molecule has 1 fully saturated rings. The summed E-state index contributed by atoms with van der Waals surface area (Å²) in [5, 5.41) is 0.0187. The van der Waals surface area contributed by atoms with E-state index in [4.69, 9.17) is 4.74 Å². The van der Waals surface area contributed by atoms with Crippen molar-refractivity contribution in [1.29, 1.82) is 0 Å². The average Bonchev–Trinajstić information content (AvgIpc) is 2.59. The Morgan fingerprint density at radius 1 is 1.40 bits per heavy atom. The molecule has 1 amide bonds. The van der Waals surface area contributed by atoms with Crippen molar-refractivity contribution in [3.63, 3.8) is 0 Å². The SMILES string of the molecule is COc1ccc(N2C(=O)SSC2S)cc1. The molecule has 0 aliphatic carbocycles. The zero-order chi connectivity index (χ0) is 10.8. The van der Waals surface area contributed by atoms with E-state index in [0.29, 0.717) is 0 Å². The highest BCUT2D eigenvalue weighted by atomic mass is 33.1. The first kappa shape index (κ1) is 11.0. The lowest BCUT2D eigenvalue weighted by Gasteiger charge is -2.18. The van der Waals surface area contributed by atoms with Crippen molar-refractivity contribution < 1.29 is 9.53 Å². The largest absolute Gasteiger partial charge is 0.497 e. The van der Waals surface area contributed by atoms with Gasteiger partial charge in [-0.25, -0.2) is 0 Å². The summed E-state index contributed by atoms with van der Waals surface area (Å²) in [6.07, 6.45) is 0. The van der Waals surface area contributed by atoms with Crippen molar-refractivity contribution in [2.45, 2.75) is 4.71 Å². The van der Waals surface area contributed by atoms with Gasteiger partial charge in [0.15, 0.2) is 0 Å². The first-order valence-corrected chi connectivity index (χ1v) is 6.94. The predicted octanol–water partition coefficient (Wildman–Crippen LogP) is 3.23. The van der Waals surface area contributed by atoms with Crippen molar-refractivity contribution in [2.75, 3.05) is 12.0 Å². The molecule has 1 saturated heterocycles. The molecule has 0 spiro atoms. The quantitative estimate of drug-likeness (QED) is 0.652. The van der Waals surface area contributed by atoms with Crippen LogP contribution in [0, 0.1) is 0 Å². The number of benzene rings is 1. The number of anilines is 1. The number of thiol groups is 1. The Morgan fingerprint density at radius 3 is 2.53 bits per heavy atom. The molecule has 0 saturated carbocycles. The highest BCUT2D eigenvalue weighted by molar-refractivity contribution is 8.84. The molecule has 1 atom stereocenters. The van der Waals surface area contributed by atoms with E-state index >= 15 is 0 Å². The summed E-state index contributed by atoms with van der Waals surface area (Å²) in [5.41, 5.74) is 0.846. The van der Waals surface area contributed by atoms with Crippen molar-refractivity contribution in [3.05, 3.63) is 24.3 Å². The average molecular weight is 259 g/mol. The fourth-order valence-corrected chi connectivity index (χ4v) is 3.77. The minimum Gasteiger partial charge on any atom is -0.497 e. The van der Waals surface area contributed by atoms with Gasteiger partial charge >= 0.3 is 0 Å². The van der Waals surface area contributed by atoms with E-state index in [0.717, 1.165) is 11.4 Å². The molecule has 1 heterocycles. The summed E-state index contributed by atoms with van der Waals surface area (Å²) in [4.78, 5) is 13.2. The molecule has 3 nitrogen and oxygen atoms in total. The second-order valence-corrected chi connectivity index (χ2v) is 5.91. The van der Waals surface area contributed by atoms with Gasteiger partial charge in [-0.1, -0.05) is 0 Å². The van der Waals surface area contributed by atoms with Crippen LogP contribution in [0.3, 0.4) is 0 Å². The van der Waals surface area contributed by atoms with Crippen LogP contribution in [0.5, 0.6) is 5.75 Å². The number of rotatable bonds is 2. The smallest absolute Gasteiger partial charge is 0.298 e. The van der Waals surface area contributed by atoms with Gasteiger partial charge in [0.2, 0.25) is 0 Å². The number of hydrogen-bond acceptors (Lipinski definition) is 5. The Morgan fingerprint density at radius 2 is 2.07 bits per heavy atom. The first-order valence-electron chi connectivity index (χ1n) is 4.21. The third-order valence-electron chi connectivity index (χ3n) is 1.97. The summed E-state index contributed by atoms with van der Waals surface area (Å²) >= 11 is 4.32. The van der Waals surface area contributed by atoms with Gasteiger partial charge in [0.05, 0.1) is 7.11 Å². The molecule has 1 unspecified atom stereocenters. The summed E-state index contributed by atoms with van der Waals surface area (Å²) in [7, 11) is 4.27. The minimum absolute atomic E-state index is 0.0187. The van der Waals surface area contributed by atoms with Crippen LogP contribution in [0.1, 0.15) is 0 Å². The van der Waals surface area contributed by atoms with E-state index in [1.165, 1.54) is 21.6 Å². The Kier molecular flexibility index (Phi) is 3.38. The standard InChI is InChI=1S/C9H9NO2S3/c1-12-7-4-2-6(3-5-7)10-8(11)14-15-9(10)13/h2-5,9,13H,1H3. The highest BCUT2D eigenvalue weighted by Crippen LogP contribution is 2.44. The molecule has 6 heteroatoms. The molecule has 1 aromatic carbocycles. The number of ether oxygens (including phenoxy) is 1. The lowest BCUT2D eigenvalue weighted by atomic mass is 10.3. The number of amides is 1. The van der Waals surface area contributed by atoms with Gasteiger partial charge < -0.3 is 4.74 Å². The fraction of sp³-hybridized carbons (Fsp3) is 0.222. The van der Waals surface area contributed by atoms with Gasteiger partial charge in [-0.3, -0.25) is 9.69 Å². The lowest BCUT2D eigenvalue weighted by molar-refractivity contribution is 0.266. The molecule has 0 bridgehead atoms. The van der Waals surface area contributed by atoms with Crippen LogP contribution in [-0.4, -0.2) is 17.1 Å². The van der Waals surface area contributed by atoms with Crippen molar-refractivity contribution in [1.82, 2.24) is 0 Å². The van der Waals surface area contributed by atoms with Crippen LogP contribution in [0.4, 0.5) is 10.5 Å². The van der Waals surface area contributed by atoms with Gasteiger partial charge in [-0.05, 0) is 35.1 Å². The Bertz CT molecular complexity index is 368. The molecule has 1 aromatic rings. The van der Waals surface area contributed by atoms with Crippen LogP contribution >= 0.6 is 34.2 Å². The fourth-order valence-electron chi connectivity index (χ4n) is 1.23. The van der Waals surface area contributed by atoms with Crippen LogP contribution in [-0.2, 0) is 0 Å². The lowest BCUT2D eigenvalue weighted by Crippen LogP contribution is -2.26. The predicted molar refractivity (Wildman–Crippen MR) is 68.8 cm³/mol. The molecule has 80 valence electrons. The van der Waals surface area contributed by atoms with E-state index in [9.17, 15) is 4.79 Å². The molecular weight excluding hydrogens is 250 g/mol. The molecular formula is C9H9NO2S3. The van der Waals surface area contributed by atoms with Crippen molar-refractivity contribution in [3.8, 4) is 5.75 Å². The van der Waals surface area contributed by atoms with Crippen molar-refractivity contribution in [2.24, 2.45) is 0 Å². The second-order valence-electron chi connectivity index (χ2n) is 2.84. The summed E-state index contributed by atoms with van der Waals surface area (Å²) in [6, 6.07) is 7.37. The van der Waals surface area contributed by atoms with Crippen LogP contribution < -0.4 is 9.64 Å². The molecule has 1 aliphatic rings. The van der Waals surface area contributed by atoms with Crippen LogP contribution in [0.15, 0.2) is 24.3 Å². The molecule has 0 radical (unpaired) electrons. The third-order valence-corrected chi connectivity index (χ3v) is 5.03. The summed E-state index contributed by atoms with van der Waals surface area (Å²) in [6.45, 7) is 0. The van der Waals surface area contributed by atoms with Crippen molar-refractivity contribution >= 4 is 45.1 Å². The molecule has 15 heavy (non-hydrogen) atoms. The Labute approximate surface area is 101 Å². The number of nitrogens with zero attached hydrogens (tertiary/aromatic N) is 1. The third kappa shape index (κ3) is 2.21. The second kappa shape index (κ2) is 4.59. The molecule has 0 N–H and O–H groups in total. The molecule has 2 rings (SSSR count). The van der Waals surface area contributed by atoms with E-state index in [2.05, 4.69) is 12.6 Å². The van der Waals surface area contributed by atoms with E-state index in [-0.39, 0.29) is 9.95 Å². The van der Waals surface area contributed by atoms with Gasteiger partial charge in [0.25, 0.3) is 5.24 Å². The maximum Gasteiger partial charge on any atom is 0.298 e. The van der Waals surface area contributed by atoms with Gasteiger partial charge in [-0.15, -0.1) is 12.6 Å². The molecule has 1 aliphatic heterocycles. The highest BCUT2D eigenvalue weighted by Gasteiger charge is 2.31. The van der Waals surface area contributed by atoms with E-state index in [1.807, 2.05) is 24.3 Å². The zero-order valence-corrected chi connectivity index (χ0v) is 10.4. The summed E-state index contributed by atoms with van der Waals surface area (Å²) in [5.74, 6) is 0.779. The van der Waals surface area contributed by atoms with E-state index in [1.54, 1.807) is 12.0 Å². The maximum atomic E-state index is 11.5. The first-order chi connectivity index (χ1) is 7.22. The number of methoxy groups -OCH3 is 1.